The van der Waals surface area contributed by atoms with Crippen LogP contribution in [0, 0.1) is 0 Å². The number of hydrogen-bond acceptors (Lipinski definition) is 4. The normalized spacial score (nSPS) is 16.5. The molecule has 0 spiro atoms. The Kier molecular flexibility index (Phi) is 4.16. The molecule has 1 aromatic heterocycles. The number of carboxylic acid groups (broad SMARTS) is 1. The molecule has 1 unspecified atom stereocenters. The van der Waals surface area contributed by atoms with E-state index in [1.807, 2.05) is 48.5 Å². The molecule has 0 fully saturated rings. The van der Waals surface area contributed by atoms with Gasteiger partial charge in [-0.05, 0) is 23.3 Å². The first-order valence-electron chi connectivity index (χ1n) is 8.54. The quantitative estimate of drug-likeness (QED) is 0.782. The Hall–Kier alpha value is -3.15. The Morgan fingerprint density at radius 2 is 1.92 bits per heavy atom. The van der Waals surface area contributed by atoms with Gasteiger partial charge in [0.2, 0.25) is 5.91 Å². The molecule has 2 aromatic carbocycles. The van der Waals surface area contributed by atoms with Crippen molar-refractivity contribution in [3.63, 3.8) is 0 Å². The van der Waals surface area contributed by atoms with E-state index in [1.54, 1.807) is 4.90 Å². The van der Waals surface area contributed by atoms with Gasteiger partial charge in [0.05, 0.1) is 5.92 Å². The SMILES string of the molecule is O=C(O)C1CN(C(=O)CCc2nc3ccccc3o2)Cc2ccccc21. The maximum Gasteiger partial charge on any atom is 0.312 e. The lowest BCUT2D eigenvalue weighted by atomic mass is 9.89. The lowest BCUT2D eigenvalue weighted by Crippen LogP contribution is -2.40. The predicted octanol–water partition coefficient (Wildman–Crippen LogP) is 2.97. The number of carbonyl (C=O) groups is 2. The van der Waals surface area contributed by atoms with Crippen molar-refractivity contribution in [1.82, 2.24) is 9.88 Å². The number of hydrogen-bond donors (Lipinski definition) is 1. The van der Waals surface area contributed by atoms with E-state index in [-0.39, 0.29) is 18.9 Å². The van der Waals surface area contributed by atoms with Crippen LogP contribution in [-0.2, 0) is 22.6 Å². The molecule has 2 heterocycles. The van der Waals surface area contributed by atoms with Crippen LogP contribution in [0.25, 0.3) is 11.1 Å². The Balaban J connectivity index is 1.47. The molecular weight excluding hydrogens is 332 g/mol. The van der Waals surface area contributed by atoms with Crippen LogP contribution >= 0.6 is 0 Å². The number of nitrogens with zero attached hydrogens (tertiary/aromatic N) is 2. The Morgan fingerprint density at radius 1 is 1.15 bits per heavy atom. The highest BCUT2D eigenvalue weighted by molar-refractivity contribution is 5.81. The summed E-state index contributed by atoms with van der Waals surface area (Å²) in [6.45, 7) is 0.630. The van der Waals surface area contributed by atoms with Crippen LogP contribution in [0.1, 0.15) is 29.4 Å². The van der Waals surface area contributed by atoms with Crippen molar-refractivity contribution in [2.24, 2.45) is 0 Å². The van der Waals surface area contributed by atoms with Gasteiger partial charge in [0, 0.05) is 25.9 Å². The predicted molar refractivity (Wildman–Crippen MR) is 94.6 cm³/mol. The number of oxazole rings is 1. The average Bonchev–Trinajstić information content (AvgIpc) is 3.08. The number of aromatic nitrogens is 1. The fourth-order valence-electron chi connectivity index (χ4n) is 3.41. The highest BCUT2D eigenvalue weighted by Gasteiger charge is 2.32. The minimum atomic E-state index is -0.908. The summed E-state index contributed by atoms with van der Waals surface area (Å²) in [7, 11) is 0. The van der Waals surface area contributed by atoms with Crippen LogP contribution in [0.5, 0.6) is 0 Å². The second kappa shape index (κ2) is 6.63. The summed E-state index contributed by atoms with van der Waals surface area (Å²) in [5.74, 6) is -1.16. The maximum absolute atomic E-state index is 12.6. The lowest BCUT2D eigenvalue weighted by molar-refractivity contribution is -0.141. The van der Waals surface area contributed by atoms with Crippen LogP contribution in [-0.4, -0.2) is 33.4 Å². The summed E-state index contributed by atoms with van der Waals surface area (Å²) < 4.78 is 5.65. The number of para-hydroxylation sites is 2. The fraction of sp³-hybridized carbons (Fsp3) is 0.250. The van der Waals surface area contributed by atoms with E-state index in [2.05, 4.69) is 4.98 Å². The smallest absolute Gasteiger partial charge is 0.312 e. The zero-order valence-electron chi connectivity index (χ0n) is 14.1. The van der Waals surface area contributed by atoms with E-state index in [0.29, 0.717) is 24.4 Å². The monoisotopic (exact) mass is 350 g/mol. The summed E-state index contributed by atoms with van der Waals surface area (Å²) in [5, 5.41) is 9.51. The molecule has 4 rings (SSSR count). The van der Waals surface area contributed by atoms with Gasteiger partial charge in [0.15, 0.2) is 11.5 Å². The molecule has 26 heavy (non-hydrogen) atoms. The molecule has 1 aliphatic heterocycles. The van der Waals surface area contributed by atoms with Crippen LogP contribution in [0.2, 0.25) is 0 Å². The molecule has 6 nitrogen and oxygen atoms in total. The Bertz CT molecular complexity index is 946. The van der Waals surface area contributed by atoms with Crippen molar-refractivity contribution in [2.45, 2.75) is 25.3 Å². The molecule has 0 radical (unpaired) electrons. The maximum atomic E-state index is 12.6. The Labute approximate surface area is 150 Å². The second-order valence-electron chi connectivity index (χ2n) is 6.44. The van der Waals surface area contributed by atoms with Crippen molar-refractivity contribution >= 4 is 23.0 Å². The van der Waals surface area contributed by atoms with E-state index in [0.717, 1.165) is 16.6 Å². The summed E-state index contributed by atoms with van der Waals surface area (Å²) in [5.41, 5.74) is 3.16. The standard InChI is InChI=1S/C20H18N2O4/c23-19(10-9-18-21-16-7-3-4-8-17(16)26-18)22-11-13-5-1-2-6-14(13)15(12-22)20(24)25/h1-8,15H,9-12H2,(H,24,25). The number of carboxylic acids is 1. The molecular formula is C20H18N2O4. The molecule has 0 bridgehead atoms. The molecule has 1 N–H and O–H groups in total. The van der Waals surface area contributed by atoms with Gasteiger partial charge >= 0.3 is 5.97 Å². The number of benzene rings is 2. The number of aliphatic carboxylic acids is 1. The average molecular weight is 350 g/mol. The topological polar surface area (TPSA) is 83.6 Å². The van der Waals surface area contributed by atoms with Crippen molar-refractivity contribution in [1.29, 1.82) is 0 Å². The largest absolute Gasteiger partial charge is 0.481 e. The van der Waals surface area contributed by atoms with Crippen LogP contribution in [0.15, 0.2) is 52.9 Å². The third-order valence-corrected chi connectivity index (χ3v) is 4.74. The first kappa shape index (κ1) is 16.3. The zero-order chi connectivity index (χ0) is 18.1. The molecule has 1 amide bonds. The van der Waals surface area contributed by atoms with E-state index in [1.165, 1.54) is 0 Å². The van der Waals surface area contributed by atoms with Crippen LogP contribution in [0.4, 0.5) is 0 Å². The molecule has 1 aliphatic rings. The van der Waals surface area contributed by atoms with Gasteiger partial charge in [-0.2, -0.15) is 0 Å². The highest BCUT2D eigenvalue weighted by atomic mass is 16.4. The molecule has 6 heteroatoms. The van der Waals surface area contributed by atoms with Crippen LogP contribution < -0.4 is 0 Å². The molecule has 1 atom stereocenters. The number of rotatable bonds is 4. The first-order chi connectivity index (χ1) is 12.6. The summed E-state index contributed by atoms with van der Waals surface area (Å²) in [6, 6.07) is 14.9. The molecule has 0 saturated carbocycles. The third-order valence-electron chi connectivity index (χ3n) is 4.74. The minimum absolute atomic E-state index is 0.0898. The summed E-state index contributed by atoms with van der Waals surface area (Å²) >= 11 is 0. The molecule has 0 saturated heterocycles. The highest BCUT2D eigenvalue weighted by Crippen LogP contribution is 2.29. The van der Waals surface area contributed by atoms with E-state index >= 15 is 0 Å². The summed E-state index contributed by atoms with van der Waals surface area (Å²) in [6.07, 6.45) is 0.630. The zero-order valence-corrected chi connectivity index (χ0v) is 14.1. The fourth-order valence-corrected chi connectivity index (χ4v) is 3.41. The van der Waals surface area contributed by atoms with Crippen molar-refractivity contribution < 1.29 is 19.1 Å². The summed E-state index contributed by atoms with van der Waals surface area (Å²) in [4.78, 5) is 30.2. The van der Waals surface area contributed by atoms with E-state index in [4.69, 9.17) is 4.42 Å². The van der Waals surface area contributed by atoms with E-state index in [9.17, 15) is 14.7 Å². The number of carbonyl (C=O) groups excluding carboxylic acids is 1. The molecule has 3 aromatic rings. The van der Waals surface area contributed by atoms with Gasteiger partial charge in [0.1, 0.15) is 5.52 Å². The molecule has 0 aliphatic carbocycles. The number of aryl methyl sites for hydroxylation is 1. The second-order valence-corrected chi connectivity index (χ2v) is 6.44. The number of fused-ring (bicyclic) bond motifs is 2. The van der Waals surface area contributed by atoms with Gasteiger partial charge in [-0.1, -0.05) is 36.4 Å². The minimum Gasteiger partial charge on any atom is -0.481 e. The first-order valence-corrected chi connectivity index (χ1v) is 8.54. The number of amides is 1. The van der Waals surface area contributed by atoms with E-state index < -0.39 is 11.9 Å². The van der Waals surface area contributed by atoms with Crippen molar-refractivity contribution in [3.05, 3.63) is 65.5 Å². The van der Waals surface area contributed by atoms with Gasteiger partial charge < -0.3 is 14.4 Å². The van der Waals surface area contributed by atoms with Gasteiger partial charge in [0.25, 0.3) is 0 Å². The lowest BCUT2D eigenvalue weighted by Gasteiger charge is -2.32. The third kappa shape index (κ3) is 3.06. The van der Waals surface area contributed by atoms with Gasteiger partial charge in [-0.15, -0.1) is 0 Å². The van der Waals surface area contributed by atoms with Crippen molar-refractivity contribution in [3.8, 4) is 0 Å². The van der Waals surface area contributed by atoms with Crippen molar-refractivity contribution in [2.75, 3.05) is 6.54 Å². The van der Waals surface area contributed by atoms with Gasteiger partial charge in [-0.3, -0.25) is 9.59 Å². The molecule has 132 valence electrons. The Morgan fingerprint density at radius 3 is 2.73 bits per heavy atom. The van der Waals surface area contributed by atoms with Crippen LogP contribution in [0.3, 0.4) is 0 Å². The van der Waals surface area contributed by atoms with Gasteiger partial charge in [-0.25, -0.2) is 4.98 Å².